The van der Waals surface area contributed by atoms with Crippen LogP contribution in [-0.4, -0.2) is 19.8 Å². The summed E-state index contributed by atoms with van der Waals surface area (Å²) in [5.74, 6) is 0. The minimum Gasteiger partial charge on any atom is -0.397 e. The molecule has 0 rings (SSSR count). The Hall–Kier alpha value is 0.177. The van der Waals surface area contributed by atoms with E-state index in [0.29, 0.717) is 0 Å². The van der Waals surface area contributed by atoms with Crippen molar-refractivity contribution in [2.45, 2.75) is 58.8 Å². The van der Waals surface area contributed by atoms with E-state index >= 15 is 0 Å². The molecule has 0 atom stereocenters. The number of aliphatic hydroxyl groups is 1. The third kappa shape index (κ3) is 5.78. The molecule has 1 N–H and O–H groups in total. The van der Waals surface area contributed by atoms with Gasteiger partial charge in [-0.25, -0.2) is 0 Å². The number of hydrogen-bond donors (Lipinski definition) is 1. The van der Waals surface area contributed by atoms with Crippen LogP contribution in [0.3, 0.4) is 0 Å². The summed E-state index contributed by atoms with van der Waals surface area (Å²) in [6.45, 7) is 11.4. The Morgan fingerprint density at radius 1 is 0.750 bits per heavy atom. The van der Waals surface area contributed by atoms with Gasteiger partial charge in [-0.05, 0) is 6.92 Å². The molecule has 0 aromatic heterocycles. The lowest BCUT2D eigenvalue weighted by molar-refractivity contribution is 0.318. The van der Waals surface area contributed by atoms with Crippen molar-refractivity contribution in [2.24, 2.45) is 0 Å². The lowest BCUT2D eigenvalue weighted by Gasteiger charge is -2.25. The Kier molecular flexibility index (Phi) is 11.3. The Bertz CT molecular complexity index is 62.4. The molecule has 0 fully saturated rings. The van der Waals surface area contributed by atoms with Crippen molar-refractivity contribution in [3.63, 3.8) is 0 Å². The van der Waals surface area contributed by atoms with Gasteiger partial charge in [0.05, 0.1) is 8.07 Å². The molecule has 0 spiro atoms. The molecule has 0 aromatic rings. The van der Waals surface area contributed by atoms with E-state index in [4.69, 9.17) is 5.11 Å². The zero-order valence-corrected chi connectivity index (χ0v) is 10.5. The van der Waals surface area contributed by atoms with Gasteiger partial charge in [-0.15, -0.1) is 0 Å². The predicted molar refractivity (Wildman–Crippen MR) is 60.4 cm³/mol. The Morgan fingerprint density at radius 3 is 0.917 bits per heavy atom. The van der Waals surface area contributed by atoms with Gasteiger partial charge >= 0.3 is 0 Å². The smallest absolute Gasteiger partial charge is 0.0524 e. The van der Waals surface area contributed by atoms with Crippen LogP contribution in [0.25, 0.3) is 0 Å². The SMILES string of the molecule is CCO.CC[Si](CC)(CC)CC. The maximum Gasteiger partial charge on any atom is 0.0524 e. The van der Waals surface area contributed by atoms with Crippen LogP contribution >= 0.6 is 0 Å². The molecule has 0 saturated heterocycles. The molecule has 0 unspecified atom stereocenters. The monoisotopic (exact) mass is 190 g/mol. The molecule has 0 aliphatic heterocycles. The Morgan fingerprint density at radius 2 is 0.917 bits per heavy atom. The second kappa shape index (κ2) is 9.27. The van der Waals surface area contributed by atoms with Crippen molar-refractivity contribution in [1.29, 1.82) is 0 Å². The predicted octanol–water partition coefficient (Wildman–Crippen LogP) is 3.51. The molecule has 0 aliphatic carbocycles. The molecule has 0 aromatic carbocycles. The molecule has 0 heterocycles. The summed E-state index contributed by atoms with van der Waals surface area (Å²) in [4.78, 5) is 0. The number of hydrogen-bond acceptors (Lipinski definition) is 1. The van der Waals surface area contributed by atoms with Gasteiger partial charge in [0.25, 0.3) is 0 Å². The standard InChI is InChI=1S/C8H20Si.C2H6O/c1-5-9(6-2,7-3)8-4;1-2-3/h5-8H2,1-4H3;3H,2H2,1H3. The van der Waals surface area contributed by atoms with Crippen molar-refractivity contribution >= 4 is 8.07 Å². The fourth-order valence-electron chi connectivity index (χ4n) is 1.50. The summed E-state index contributed by atoms with van der Waals surface area (Å²) in [7, 11) is -0.691. The third-order valence-corrected chi connectivity index (χ3v) is 9.00. The first-order valence-corrected chi connectivity index (χ1v) is 8.09. The van der Waals surface area contributed by atoms with E-state index in [1.807, 2.05) is 0 Å². The molecular weight excluding hydrogens is 164 g/mol. The molecule has 0 bridgehead atoms. The van der Waals surface area contributed by atoms with E-state index in [9.17, 15) is 0 Å². The average molecular weight is 190 g/mol. The first kappa shape index (κ1) is 14.7. The Labute approximate surface area is 79.2 Å². The first-order valence-electron chi connectivity index (χ1n) is 5.27. The van der Waals surface area contributed by atoms with E-state index < -0.39 is 8.07 Å². The molecule has 0 radical (unpaired) electrons. The van der Waals surface area contributed by atoms with Gasteiger partial charge in [-0.2, -0.15) is 0 Å². The number of rotatable bonds is 4. The second-order valence-corrected chi connectivity index (χ2v) is 9.06. The summed E-state index contributed by atoms with van der Waals surface area (Å²) < 4.78 is 0. The highest BCUT2D eigenvalue weighted by molar-refractivity contribution is 6.79. The third-order valence-electron chi connectivity index (χ3n) is 3.00. The molecule has 0 aliphatic rings. The largest absolute Gasteiger partial charge is 0.397 e. The molecular formula is C10H26OSi. The topological polar surface area (TPSA) is 20.2 Å². The van der Waals surface area contributed by atoms with Crippen molar-refractivity contribution in [3.8, 4) is 0 Å². The zero-order valence-electron chi connectivity index (χ0n) is 9.48. The maximum absolute atomic E-state index is 7.57. The summed E-state index contributed by atoms with van der Waals surface area (Å²) in [5, 5.41) is 7.57. The molecule has 2 heteroatoms. The fourth-order valence-corrected chi connectivity index (χ4v) is 4.50. The quantitative estimate of drug-likeness (QED) is 0.673. The van der Waals surface area contributed by atoms with Crippen LogP contribution in [0.15, 0.2) is 0 Å². The highest BCUT2D eigenvalue weighted by atomic mass is 28.3. The van der Waals surface area contributed by atoms with Gasteiger partial charge in [-0.1, -0.05) is 51.9 Å². The van der Waals surface area contributed by atoms with Crippen LogP contribution in [0.5, 0.6) is 0 Å². The van der Waals surface area contributed by atoms with E-state index in [2.05, 4.69) is 27.7 Å². The van der Waals surface area contributed by atoms with Gasteiger partial charge in [0.1, 0.15) is 0 Å². The summed E-state index contributed by atoms with van der Waals surface area (Å²) >= 11 is 0. The summed E-state index contributed by atoms with van der Waals surface area (Å²) in [5.41, 5.74) is 0. The molecule has 1 nitrogen and oxygen atoms in total. The minimum atomic E-state index is -0.691. The first-order chi connectivity index (χ1) is 5.66. The zero-order chi connectivity index (χ0) is 10.0. The summed E-state index contributed by atoms with van der Waals surface area (Å²) in [6, 6.07) is 5.93. The normalized spacial score (nSPS) is 10.5. The lowest BCUT2D eigenvalue weighted by atomic mass is 10.9. The summed E-state index contributed by atoms with van der Waals surface area (Å²) in [6.07, 6.45) is 0. The van der Waals surface area contributed by atoms with Crippen LogP contribution in [-0.2, 0) is 0 Å². The van der Waals surface area contributed by atoms with Crippen LogP contribution in [0.1, 0.15) is 34.6 Å². The van der Waals surface area contributed by atoms with E-state index in [-0.39, 0.29) is 6.61 Å². The van der Waals surface area contributed by atoms with Gasteiger partial charge in [0.15, 0.2) is 0 Å². The molecule has 0 saturated carbocycles. The lowest BCUT2D eigenvalue weighted by Crippen LogP contribution is -2.29. The van der Waals surface area contributed by atoms with E-state index in [1.54, 1.807) is 6.92 Å². The number of aliphatic hydroxyl groups excluding tert-OH is 1. The maximum atomic E-state index is 7.57. The van der Waals surface area contributed by atoms with Gasteiger partial charge in [0, 0.05) is 6.61 Å². The fraction of sp³-hybridized carbons (Fsp3) is 1.00. The average Bonchev–Trinajstić information content (AvgIpc) is 2.11. The van der Waals surface area contributed by atoms with Gasteiger partial charge < -0.3 is 5.11 Å². The highest BCUT2D eigenvalue weighted by Crippen LogP contribution is 2.23. The van der Waals surface area contributed by atoms with Crippen LogP contribution in [0.4, 0.5) is 0 Å². The van der Waals surface area contributed by atoms with Crippen molar-refractivity contribution in [3.05, 3.63) is 0 Å². The van der Waals surface area contributed by atoms with Crippen molar-refractivity contribution in [1.82, 2.24) is 0 Å². The highest BCUT2D eigenvalue weighted by Gasteiger charge is 2.23. The molecule has 12 heavy (non-hydrogen) atoms. The van der Waals surface area contributed by atoms with Gasteiger partial charge in [-0.3, -0.25) is 0 Å². The van der Waals surface area contributed by atoms with Crippen LogP contribution < -0.4 is 0 Å². The molecule has 76 valence electrons. The van der Waals surface area contributed by atoms with E-state index in [1.165, 1.54) is 24.2 Å². The second-order valence-electron chi connectivity index (χ2n) is 3.23. The minimum absolute atomic E-state index is 0.250. The van der Waals surface area contributed by atoms with Gasteiger partial charge in [0.2, 0.25) is 0 Å². The van der Waals surface area contributed by atoms with Crippen molar-refractivity contribution in [2.75, 3.05) is 6.61 Å². The Balaban J connectivity index is 0. The van der Waals surface area contributed by atoms with Crippen LogP contribution in [0, 0.1) is 0 Å². The van der Waals surface area contributed by atoms with E-state index in [0.717, 1.165) is 0 Å². The molecule has 0 amide bonds. The van der Waals surface area contributed by atoms with Crippen molar-refractivity contribution < 1.29 is 5.11 Å². The van der Waals surface area contributed by atoms with Crippen LogP contribution in [0.2, 0.25) is 24.2 Å².